The maximum Gasteiger partial charge on any atom is 0.573 e. The second-order valence-electron chi connectivity index (χ2n) is 7.70. The Bertz CT molecular complexity index is 1100. The summed E-state index contributed by atoms with van der Waals surface area (Å²) in [6.07, 6.45) is -3.21. The third kappa shape index (κ3) is 5.76. The monoisotopic (exact) mass is 460 g/mol. The van der Waals surface area contributed by atoms with Crippen LogP contribution in [-0.4, -0.2) is 48.7 Å². The van der Waals surface area contributed by atoms with Gasteiger partial charge in [-0.3, -0.25) is 9.89 Å². The van der Waals surface area contributed by atoms with E-state index in [0.717, 1.165) is 54.3 Å². The molecule has 1 fully saturated rings. The van der Waals surface area contributed by atoms with Crippen molar-refractivity contribution in [1.29, 1.82) is 0 Å². The van der Waals surface area contributed by atoms with Crippen molar-refractivity contribution in [3.63, 3.8) is 0 Å². The number of hydrogen-bond donors (Lipinski definition) is 2. The van der Waals surface area contributed by atoms with E-state index >= 15 is 0 Å². The van der Waals surface area contributed by atoms with Crippen LogP contribution in [0.25, 0.3) is 11.3 Å². The smallest absolute Gasteiger partial charge is 0.497 e. The van der Waals surface area contributed by atoms with Crippen LogP contribution < -0.4 is 19.7 Å². The summed E-state index contributed by atoms with van der Waals surface area (Å²) >= 11 is 0. The van der Waals surface area contributed by atoms with Crippen LogP contribution in [0.1, 0.15) is 23.2 Å². The van der Waals surface area contributed by atoms with Gasteiger partial charge in [-0.05, 0) is 60.9 Å². The number of piperidine rings is 1. The van der Waals surface area contributed by atoms with Crippen molar-refractivity contribution in [2.24, 2.45) is 0 Å². The number of rotatable bonds is 6. The normalized spacial score (nSPS) is 16.4. The molecule has 1 amide bonds. The summed E-state index contributed by atoms with van der Waals surface area (Å²) in [7, 11) is 1.61. The van der Waals surface area contributed by atoms with Crippen LogP contribution in [0.3, 0.4) is 0 Å². The van der Waals surface area contributed by atoms with Gasteiger partial charge in [0.2, 0.25) is 0 Å². The van der Waals surface area contributed by atoms with Gasteiger partial charge in [0.05, 0.1) is 12.8 Å². The van der Waals surface area contributed by atoms with E-state index in [9.17, 15) is 18.0 Å². The largest absolute Gasteiger partial charge is 0.573 e. The number of methoxy groups -OCH3 is 1. The Balaban J connectivity index is 1.39. The molecule has 2 aromatic carbocycles. The SMILES string of the molecule is COc1ccc(-c2cc(N3CCC[C@H](NC(=O)c4cccc(OC(F)(F)F)c4)C3)n[nH]2)cc1. The number of anilines is 1. The molecule has 1 aromatic heterocycles. The summed E-state index contributed by atoms with van der Waals surface area (Å²) < 4.78 is 46.4. The zero-order chi connectivity index (χ0) is 23.4. The average molecular weight is 460 g/mol. The summed E-state index contributed by atoms with van der Waals surface area (Å²) in [5.74, 6) is 0.655. The third-order valence-corrected chi connectivity index (χ3v) is 5.38. The van der Waals surface area contributed by atoms with Crippen LogP contribution in [0.15, 0.2) is 54.6 Å². The minimum atomic E-state index is -4.81. The predicted octanol–water partition coefficient (Wildman–Crippen LogP) is 4.38. The predicted molar refractivity (Wildman–Crippen MR) is 116 cm³/mol. The number of amides is 1. The highest BCUT2D eigenvalue weighted by atomic mass is 19.4. The molecule has 0 saturated carbocycles. The number of ether oxygens (including phenoxy) is 2. The lowest BCUT2D eigenvalue weighted by molar-refractivity contribution is -0.274. The summed E-state index contributed by atoms with van der Waals surface area (Å²) in [6.45, 7) is 1.32. The quantitative estimate of drug-likeness (QED) is 0.571. The van der Waals surface area contributed by atoms with Gasteiger partial charge in [-0.15, -0.1) is 13.2 Å². The Kier molecular flexibility index (Phi) is 6.43. The molecule has 10 heteroatoms. The van der Waals surface area contributed by atoms with Crippen molar-refractivity contribution in [1.82, 2.24) is 15.5 Å². The summed E-state index contributed by atoms with van der Waals surface area (Å²) in [6, 6.07) is 14.4. The Morgan fingerprint density at radius 3 is 2.67 bits per heavy atom. The zero-order valence-corrected chi connectivity index (χ0v) is 17.9. The van der Waals surface area contributed by atoms with Crippen molar-refractivity contribution in [2.45, 2.75) is 25.2 Å². The molecule has 0 spiro atoms. The van der Waals surface area contributed by atoms with Crippen LogP contribution in [0.5, 0.6) is 11.5 Å². The number of benzene rings is 2. The van der Waals surface area contributed by atoms with Gasteiger partial charge in [0, 0.05) is 30.8 Å². The molecule has 7 nitrogen and oxygen atoms in total. The first kappa shape index (κ1) is 22.5. The van der Waals surface area contributed by atoms with Gasteiger partial charge >= 0.3 is 6.36 Å². The van der Waals surface area contributed by atoms with Crippen LogP contribution in [0.4, 0.5) is 19.0 Å². The fourth-order valence-electron chi connectivity index (χ4n) is 3.80. The van der Waals surface area contributed by atoms with Gasteiger partial charge in [0.1, 0.15) is 11.5 Å². The van der Waals surface area contributed by atoms with Crippen LogP contribution in [0, 0.1) is 0 Å². The number of aromatic nitrogens is 2. The number of aromatic amines is 1. The van der Waals surface area contributed by atoms with Gasteiger partial charge in [0.25, 0.3) is 5.91 Å². The van der Waals surface area contributed by atoms with Gasteiger partial charge in [-0.25, -0.2) is 0 Å². The highest BCUT2D eigenvalue weighted by molar-refractivity contribution is 5.94. The minimum absolute atomic E-state index is 0.107. The van der Waals surface area contributed by atoms with Gasteiger partial charge < -0.3 is 19.7 Å². The van der Waals surface area contributed by atoms with Crippen molar-refractivity contribution < 1.29 is 27.4 Å². The summed E-state index contributed by atoms with van der Waals surface area (Å²) in [4.78, 5) is 14.7. The zero-order valence-electron chi connectivity index (χ0n) is 17.9. The minimum Gasteiger partial charge on any atom is -0.497 e. The molecule has 0 unspecified atom stereocenters. The van der Waals surface area contributed by atoms with Crippen LogP contribution in [-0.2, 0) is 0 Å². The molecular formula is C23H23F3N4O3. The molecule has 0 aliphatic carbocycles. The topological polar surface area (TPSA) is 79.5 Å². The average Bonchev–Trinajstić information content (AvgIpc) is 3.29. The van der Waals surface area contributed by atoms with E-state index in [1.54, 1.807) is 7.11 Å². The van der Waals surface area contributed by atoms with Crippen LogP contribution >= 0.6 is 0 Å². The van der Waals surface area contributed by atoms with E-state index in [1.165, 1.54) is 12.1 Å². The second kappa shape index (κ2) is 9.43. The first-order chi connectivity index (χ1) is 15.8. The molecule has 33 heavy (non-hydrogen) atoms. The molecule has 2 N–H and O–H groups in total. The third-order valence-electron chi connectivity index (χ3n) is 5.38. The molecule has 1 saturated heterocycles. The molecule has 0 bridgehead atoms. The maximum atomic E-state index is 12.6. The Labute approximate surface area is 188 Å². The van der Waals surface area contributed by atoms with E-state index in [2.05, 4.69) is 25.2 Å². The number of carbonyl (C=O) groups is 1. The van der Waals surface area contributed by atoms with E-state index < -0.39 is 18.0 Å². The molecular weight excluding hydrogens is 437 g/mol. The van der Waals surface area contributed by atoms with Crippen molar-refractivity contribution in [2.75, 3.05) is 25.1 Å². The van der Waals surface area contributed by atoms with E-state index in [-0.39, 0.29) is 11.6 Å². The molecule has 1 aliphatic heterocycles. The van der Waals surface area contributed by atoms with Gasteiger partial charge in [-0.1, -0.05) is 6.07 Å². The molecule has 2 heterocycles. The van der Waals surface area contributed by atoms with E-state index in [1.807, 2.05) is 30.3 Å². The number of H-pyrrole nitrogens is 1. The molecule has 1 atom stereocenters. The van der Waals surface area contributed by atoms with Gasteiger partial charge in [-0.2, -0.15) is 5.10 Å². The number of carbonyl (C=O) groups excluding carboxylic acids is 1. The lowest BCUT2D eigenvalue weighted by Gasteiger charge is -2.33. The molecule has 3 aromatic rings. The first-order valence-electron chi connectivity index (χ1n) is 10.4. The second-order valence-corrected chi connectivity index (χ2v) is 7.70. The fourth-order valence-corrected chi connectivity index (χ4v) is 3.80. The van der Waals surface area contributed by atoms with Crippen molar-refractivity contribution in [3.05, 3.63) is 60.2 Å². The summed E-state index contributed by atoms with van der Waals surface area (Å²) in [5.41, 5.74) is 1.94. The first-order valence-corrected chi connectivity index (χ1v) is 10.4. The highest BCUT2D eigenvalue weighted by Gasteiger charge is 2.31. The fraction of sp³-hybridized carbons (Fsp3) is 0.304. The summed E-state index contributed by atoms with van der Waals surface area (Å²) in [5, 5.41) is 10.4. The standard InChI is InChI=1S/C23H23F3N4O3/c1-32-18-9-7-15(8-10-18)20-13-21(29-28-20)30-11-3-5-17(14-30)27-22(31)16-4-2-6-19(12-16)33-23(24,25)26/h2,4,6-10,12-13,17H,3,5,11,14H2,1H3,(H,27,31)(H,28,29)/t17-/m0/s1. The number of halogens is 3. The Morgan fingerprint density at radius 2 is 1.94 bits per heavy atom. The molecule has 174 valence electrons. The Hall–Kier alpha value is -3.69. The van der Waals surface area contributed by atoms with Crippen molar-refractivity contribution >= 4 is 11.7 Å². The van der Waals surface area contributed by atoms with Crippen LogP contribution in [0.2, 0.25) is 0 Å². The lowest BCUT2D eigenvalue weighted by Crippen LogP contribution is -2.48. The van der Waals surface area contributed by atoms with Gasteiger partial charge in [0.15, 0.2) is 5.82 Å². The number of hydrogen-bond acceptors (Lipinski definition) is 5. The molecule has 4 rings (SSSR count). The number of nitrogens with zero attached hydrogens (tertiary/aromatic N) is 2. The number of alkyl halides is 3. The number of nitrogens with one attached hydrogen (secondary N) is 2. The Morgan fingerprint density at radius 1 is 1.15 bits per heavy atom. The van der Waals surface area contributed by atoms with E-state index in [4.69, 9.17) is 4.74 Å². The molecule has 0 radical (unpaired) electrons. The van der Waals surface area contributed by atoms with Crippen molar-refractivity contribution in [3.8, 4) is 22.8 Å². The van der Waals surface area contributed by atoms with E-state index in [0.29, 0.717) is 6.54 Å². The molecule has 1 aliphatic rings. The lowest BCUT2D eigenvalue weighted by atomic mass is 10.0. The maximum absolute atomic E-state index is 12.6. The highest BCUT2D eigenvalue weighted by Crippen LogP contribution is 2.26.